The number of carbonyl (C=O) groups excluding carboxylic acids is 1. The van der Waals surface area contributed by atoms with E-state index < -0.39 is 0 Å². The van der Waals surface area contributed by atoms with Gasteiger partial charge in [-0.2, -0.15) is 4.98 Å². The van der Waals surface area contributed by atoms with Crippen molar-refractivity contribution in [2.24, 2.45) is 0 Å². The number of ether oxygens (including phenoxy) is 2. The van der Waals surface area contributed by atoms with Crippen LogP contribution >= 0.6 is 0 Å². The van der Waals surface area contributed by atoms with Gasteiger partial charge in [-0.3, -0.25) is 4.79 Å². The maximum absolute atomic E-state index is 13.0. The summed E-state index contributed by atoms with van der Waals surface area (Å²) in [5.74, 6) is 2.33. The van der Waals surface area contributed by atoms with Crippen LogP contribution in [0.15, 0.2) is 84.9 Å². The van der Waals surface area contributed by atoms with Crippen molar-refractivity contribution in [3.63, 3.8) is 0 Å². The van der Waals surface area contributed by atoms with E-state index in [1.54, 1.807) is 12.1 Å². The number of anilines is 4. The molecule has 8 nitrogen and oxygen atoms in total. The highest BCUT2D eigenvalue weighted by Gasteiger charge is 2.16. The molecule has 1 aliphatic rings. The second-order valence-electron chi connectivity index (χ2n) is 8.36. The van der Waals surface area contributed by atoms with Crippen molar-refractivity contribution < 1.29 is 14.3 Å². The highest BCUT2D eigenvalue weighted by Crippen LogP contribution is 2.26. The van der Waals surface area contributed by atoms with Crippen molar-refractivity contribution in [1.82, 2.24) is 9.97 Å². The first-order chi connectivity index (χ1) is 17.6. The summed E-state index contributed by atoms with van der Waals surface area (Å²) in [6.07, 6.45) is 0. The molecule has 36 heavy (non-hydrogen) atoms. The van der Waals surface area contributed by atoms with E-state index in [-0.39, 0.29) is 5.91 Å². The Hall–Kier alpha value is -4.43. The fraction of sp³-hybridized carbons (Fsp3) is 0.179. The van der Waals surface area contributed by atoms with Crippen LogP contribution in [-0.2, 0) is 4.74 Å². The lowest BCUT2D eigenvalue weighted by Gasteiger charge is -2.27. The van der Waals surface area contributed by atoms with Gasteiger partial charge < -0.3 is 25.0 Å². The molecule has 0 saturated carbocycles. The minimum absolute atomic E-state index is 0.246. The molecular formula is C28H27N5O3. The quantitative estimate of drug-likeness (QED) is 0.365. The van der Waals surface area contributed by atoms with Gasteiger partial charge >= 0.3 is 0 Å². The Balaban J connectivity index is 1.26. The van der Waals surface area contributed by atoms with Gasteiger partial charge in [-0.25, -0.2) is 4.98 Å². The number of rotatable bonds is 7. The van der Waals surface area contributed by atoms with E-state index in [1.807, 2.05) is 79.7 Å². The SMILES string of the molecule is Cc1cc(Nc2ccc(NC(=O)c3ccccc3Oc3ccccc3)cc2)nc(N2CCOCC2)n1. The van der Waals surface area contributed by atoms with Crippen LogP contribution in [0.1, 0.15) is 16.1 Å². The Morgan fingerprint density at radius 3 is 2.36 bits per heavy atom. The first kappa shape index (κ1) is 23.3. The Labute approximate surface area is 209 Å². The summed E-state index contributed by atoms with van der Waals surface area (Å²) >= 11 is 0. The number of aromatic nitrogens is 2. The van der Waals surface area contributed by atoms with E-state index in [9.17, 15) is 4.79 Å². The maximum Gasteiger partial charge on any atom is 0.259 e. The molecule has 1 aliphatic heterocycles. The minimum Gasteiger partial charge on any atom is -0.457 e. The summed E-state index contributed by atoms with van der Waals surface area (Å²) in [6.45, 7) is 4.86. The zero-order valence-corrected chi connectivity index (χ0v) is 20.0. The summed E-state index contributed by atoms with van der Waals surface area (Å²) in [6, 6.07) is 26.0. The highest BCUT2D eigenvalue weighted by molar-refractivity contribution is 6.06. The fourth-order valence-electron chi connectivity index (χ4n) is 3.86. The van der Waals surface area contributed by atoms with Crippen LogP contribution in [0.3, 0.4) is 0 Å². The van der Waals surface area contributed by atoms with Gasteiger partial charge in [0.1, 0.15) is 17.3 Å². The number of amides is 1. The third-order valence-electron chi connectivity index (χ3n) is 5.65. The van der Waals surface area contributed by atoms with Crippen LogP contribution in [0.2, 0.25) is 0 Å². The molecule has 5 rings (SSSR count). The summed E-state index contributed by atoms with van der Waals surface area (Å²) in [7, 11) is 0. The fourth-order valence-corrected chi connectivity index (χ4v) is 3.86. The van der Waals surface area contributed by atoms with Gasteiger partial charge in [0.25, 0.3) is 5.91 Å². The Bertz CT molecular complexity index is 1320. The molecule has 182 valence electrons. The standard InChI is InChI=1S/C28H27N5O3/c1-20-19-26(32-28(29-20)33-15-17-35-18-16-33)30-21-11-13-22(14-12-21)31-27(34)24-9-5-6-10-25(24)36-23-7-3-2-4-8-23/h2-14,19H,15-18H2,1H3,(H,31,34)(H,29,30,32). The van der Waals surface area contributed by atoms with Crippen molar-refractivity contribution in [3.8, 4) is 11.5 Å². The lowest BCUT2D eigenvalue weighted by molar-refractivity contribution is 0.102. The first-order valence-corrected chi connectivity index (χ1v) is 11.8. The molecule has 0 radical (unpaired) electrons. The van der Waals surface area contributed by atoms with Gasteiger partial charge in [0, 0.05) is 36.2 Å². The molecule has 0 spiro atoms. The Kier molecular flexibility index (Phi) is 7.05. The molecule has 2 N–H and O–H groups in total. The minimum atomic E-state index is -0.246. The molecule has 1 amide bonds. The number of para-hydroxylation sites is 2. The van der Waals surface area contributed by atoms with E-state index in [1.165, 1.54) is 0 Å². The van der Waals surface area contributed by atoms with Crippen molar-refractivity contribution in [3.05, 3.63) is 96.2 Å². The monoisotopic (exact) mass is 481 g/mol. The summed E-state index contributed by atoms with van der Waals surface area (Å²) in [5, 5.41) is 6.28. The molecule has 1 saturated heterocycles. The molecule has 0 bridgehead atoms. The second kappa shape index (κ2) is 10.9. The Morgan fingerprint density at radius 2 is 1.58 bits per heavy atom. The number of morpholine rings is 1. The molecule has 3 aromatic carbocycles. The van der Waals surface area contributed by atoms with Gasteiger partial charge in [0.15, 0.2) is 0 Å². The second-order valence-corrected chi connectivity index (χ2v) is 8.36. The summed E-state index contributed by atoms with van der Waals surface area (Å²) in [4.78, 5) is 24.4. The summed E-state index contributed by atoms with van der Waals surface area (Å²) < 4.78 is 11.4. The number of hydrogen-bond donors (Lipinski definition) is 2. The van der Waals surface area contributed by atoms with Crippen molar-refractivity contribution in [2.75, 3.05) is 41.8 Å². The van der Waals surface area contributed by atoms with Crippen LogP contribution in [0.4, 0.5) is 23.1 Å². The normalized spacial score (nSPS) is 13.2. The zero-order chi connectivity index (χ0) is 24.7. The molecule has 0 unspecified atom stereocenters. The van der Waals surface area contributed by atoms with Crippen LogP contribution in [-0.4, -0.2) is 42.2 Å². The van der Waals surface area contributed by atoms with E-state index in [0.29, 0.717) is 47.7 Å². The molecule has 1 fully saturated rings. The number of nitrogens with zero attached hydrogens (tertiary/aromatic N) is 3. The highest BCUT2D eigenvalue weighted by atomic mass is 16.5. The van der Waals surface area contributed by atoms with E-state index >= 15 is 0 Å². The van der Waals surface area contributed by atoms with Crippen molar-refractivity contribution in [2.45, 2.75) is 6.92 Å². The van der Waals surface area contributed by atoms with E-state index in [4.69, 9.17) is 9.47 Å². The van der Waals surface area contributed by atoms with Crippen molar-refractivity contribution in [1.29, 1.82) is 0 Å². The first-order valence-electron chi connectivity index (χ1n) is 11.8. The zero-order valence-electron chi connectivity index (χ0n) is 20.0. The van der Waals surface area contributed by atoms with Crippen LogP contribution in [0.5, 0.6) is 11.5 Å². The number of aryl methyl sites for hydroxylation is 1. The number of benzene rings is 3. The molecular weight excluding hydrogens is 454 g/mol. The average molecular weight is 482 g/mol. The van der Waals surface area contributed by atoms with Gasteiger partial charge in [-0.15, -0.1) is 0 Å². The van der Waals surface area contributed by atoms with Gasteiger partial charge in [-0.1, -0.05) is 30.3 Å². The van der Waals surface area contributed by atoms with E-state index in [2.05, 4.69) is 25.5 Å². The van der Waals surface area contributed by atoms with Crippen LogP contribution in [0.25, 0.3) is 0 Å². The smallest absolute Gasteiger partial charge is 0.259 e. The van der Waals surface area contributed by atoms with Crippen molar-refractivity contribution >= 4 is 29.0 Å². The van der Waals surface area contributed by atoms with Crippen LogP contribution in [0, 0.1) is 6.92 Å². The molecule has 0 aliphatic carbocycles. The molecule has 2 heterocycles. The third kappa shape index (κ3) is 5.79. The molecule has 4 aromatic rings. The van der Waals surface area contributed by atoms with Gasteiger partial charge in [-0.05, 0) is 55.5 Å². The number of hydrogen-bond acceptors (Lipinski definition) is 7. The summed E-state index contributed by atoms with van der Waals surface area (Å²) in [5.41, 5.74) is 2.87. The molecule has 0 atom stereocenters. The largest absolute Gasteiger partial charge is 0.457 e. The van der Waals surface area contributed by atoms with Gasteiger partial charge in [0.05, 0.1) is 18.8 Å². The predicted molar refractivity (Wildman–Crippen MR) is 140 cm³/mol. The lowest BCUT2D eigenvalue weighted by Crippen LogP contribution is -2.37. The third-order valence-corrected chi connectivity index (χ3v) is 5.65. The maximum atomic E-state index is 13.0. The molecule has 1 aromatic heterocycles. The average Bonchev–Trinajstić information content (AvgIpc) is 2.91. The number of carbonyl (C=O) groups is 1. The predicted octanol–water partition coefficient (Wildman–Crippen LogP) is 5.41. The number of nitrogens with one attached hydrogen (secondary N) is 2. The molecule has 8 heteroatoms. The van der Waals surface area contributed by atoms with Gasteiger partial charge in [0.2, 0.25) is 5.95 Å². The van der Waals surface area contributed by atoms with E-state index in [0.717, 1.165) is 24.5 Å². The van der Waals surface area contributed by atoms with Crippen LogP contribution < -0.4 is 20.3 Å². The Morgan fingerprint density at radius 1 is 0.889 bits per heavy atom. The lowest BCUT2D eigenvalue weighted by atomic mass is 10.1. The topological polar surface area (TPSA) is 88.6 Å².